The highest BCUT2D eigenvalue weighted by atomic mass is 19.4. The first-order valence-electron chi connectivity index (χ1n) is 7.83. The lowest BCUT2D eigenvalue weighted by Crippen LogP contribution is -2.32. The molecule has 26 heavy (non-hydrogen) atoms. The van der Waals surface area contributed by atoms with Gasteiger partial charge >= 0.3 is 12.1 Å². The number of hydrogen-bond donors (Lipinski definition) is 1. The Morgan fingerprint density at radius 3 is 2.58 bits per heavy atom. The zero-order valence-corrected chi connectivity index (χ0v) is 14.4. The molecule has 2 aliphatic rings. The largest absolute Gasteiger partial charge is 0.481 e. The minimum atomic E-state index is -4.57. The highest BCUT2D eigenvalue weighted by molar-refractivity contribution is 6.03. The summed E-state index contributed by atoms with van der Waals surface area (Å²) >= 11 is 0. The molecule has 1 aromatic carbocycles. The van der Waals surface area contributed by atoms with Gasteiger partial charge in [0.2, 0.25) is 5.90 Å². The lowest BCUT2D eigenvalue weighted by Gasteiger charge is -2.31. The van der Waals surface area contributed by atoms with Crippen molar-refractivity contribution in [1.82, 2.24) is 5.32 Å². The summed E-state index contributed by atoms with van der Waals surface area (Å²) < 4.78 is 50.9. The summed E-state index contributed by atoms with van der Waals surface area (Å²) in [7, 11) is 2.59. The van der Waals surface area contributed by atoms with Crippen molar-refractivity contribution in [3.8, 4) is 0 Å². The van der Waals surface area contributed by atoms with E-state index < -0.39 is 23.6 Å². The van der Waals surface area contributed by atoms with Crippen LogP contribution in [0.3, 0.4) is 0 Å². The van der Waals surface area contributed by atoms with Crippen molar-refractivity contribution in [2.45, 2.75) is 19.0 Å². The van der Waals surface area contributed by atoms with Crippen LogP contribution >= 0.6 is 0 Å². The number of nitrogens with one attached hydrogen (secondary N) is 1. The molecule has 0 spiro atoms. The Hall–Kier alpha value is -2.77. The van der Waals surface area contributed by atoms with Crippen LogP contribution in [0.5, 0.6) is 0 Å². The minimum Gasteiger partial charge on any atom is -0.481 e. The van der Waals surface area contributed by atoms with Gasteiger partial charge in [0.05, 0.1) is 37.8 Å². The maximum atomic E-state index is 13.6. The standard InChI is InChI=1S/C18H17F3N2O3/c1-9-13(17(24)26-3)14(15-12(23-9)8-22-16(15)25-2)10-6-4-5-7-11(10)18(19,20)21/h4-7,14,23H,8H2,1-3H3. The first kappa shape index (κ1) is 18.0. The average Bonchev–Trinajstić information content (AvgIpc) is 3.01. The Morgan fingerprint density at radius 2 is 1.96 bits per heavy atom. The van der Waals surface area contributed by atoms with Crippen LogP contribution in [-0.2, 0) is 20.4 Å². The van der Waals surface area contributed by atoms with Crippen molar-refractivity contribution in [3.63, 3.8) is 0 Å². The van der Waals surface area contributed by atoms with Gasteiger partial charge in [0.1, 0.15) is 0 Å². The quantitative estimate of drug-likeness (QED) is 0.817. The number of nitrogens with zero attached hydrogens (tertiary/aromatic N) is 1. The number of ether oxygens (including phenoxy) is 2. The molecule has 0 amide bonds. The second kappa shape index (κ2) is 6.51. The number of methoxy groups -OCH3 is 2. The summed E-state index contributed by atoms with van der Waals surface area (Å²) in [6.45, 7) is 1.87. The molecule has 2 aliphatic heterocycles. The number of hydrogen-bond acceptors (Lipinski definition) is 5. The van der Waals surface area contributed by atoms with E-state index in [1.54, 1.807) is 6.92 Å². The SMILES string of the molecule is COC(=O)C1=C(C)NC2=C(C(OC)=NC2)C1c1ccccc1C(F)(F)F. The Labute approximate surface area is 148 Å². The van der Waals surface area contributed by atoms with Gasteiger partial charge in [0.15, 0.2) is 0 Å². The topological polar surface area (TPSA) is 59.9 Å². The van der Waals surface area contributed by atoms with Gasteiger partial charge in [-0.3, -0.25) is 0 Å². The fourth-order valence-corrected chi connectivity index (χ4v) is 3.38. The summed E-state index contributed by atoms with van der Waals surface area (Å²) in [5.41, 5.74) is 0.736. The molecule has 2 heterocycles. The number of carbonyl (C=O) groups excluding carboxylic acids is 1. The number of carbonyl (C=O) groups is 1. The van der Waals surface area contributed by atoms with Gasteiger partial charge in [-0.05, 0) is 18.6 Å². The molecule has 0 saturated heterocycles. The molecule has 1 unspecified atom stereocenters. The van der Waals surface area contributed by atoms with Crippen LogP contribution in [0.2, 0.25) is 0 Å². The summed E-state index contributed by atoms with van der Waals surface area (Å²) in [6, 6.07) is 5.19. The van der Waals surface area contributed by atoms with Crippen LogP contribution < -0.4 is 5.32 Å². The molecule has 0 fully saturated rings. The monoisotopic (exact) mass is 366 g/mol. The Bertz CT molecular complexity index is 841. The van der Waals surface area contributed by atoms with Crippen molar-refractivity contribution in [1.29, 1.82) is 0 Å². The van der Waals surface area contributed by atoms with Gasteiger partial charge in [-0.25, -0.2) is 9.79 Å². The molecule has 3 rings (SSSR count). The van der Waals surface area contributed by atoms with Gasteiger partial charge in [-0.15, -0.1) is 0 Å². The van der Waals surface area contributed by atoms with E-state index in [4.69, 9.17) is 9.47 Å². The van der Waals surface area contributed by atoms with Crippen molar-refractivity contribution in [3.05, 3.63) is 57.9 Å². The molecule has 0 aromatic heterocycles. The fourth-order valence-electron chi connectivity index (χ4n) is 3.38. The number of aliphatic imine (C=N–C) groups is 1. The number of alkyl halides is 3. The molecular formula is C18H17F3N2O3. The number of dihydropyridines is 1. The third kappa shape index (κ3) is 2.85. The van der Waals surface area contributed by atoms with E-state index in [2.05, 4.69) is 10.3 Å². The average molecular weight is 366 g/mol. The molecule has 0 bridgehead atoms. The summed E-state index contributed by atoms with van der Waals surface area (Å²) in [5, 5.41) is 3.05. The number of allylic oxidation sites excluding steroid dienone is 1. The Morgan fingerprint density at radius 1 is 1.27 bits per heavy atom. The number of esters is 1. The summed E-state index contributed by atoms with van der Waals surface area (Å²) in [5.74, 6) is -1.48. The first-order chi connectivity index (χ1) is 12.3. The predicted molar refractivity (Wildman–Crippen MR) is 88.4 cm³/mol. The van der Waals surface area contributed by atoms with Crippen molar-refractivity contribution < 1.29 is 27.4 Å². The van der Waals surface area contributed by atoms with Gasteiger partial charge in [0.25, 0.3) is 0 Å². The molecule has 0 aliphatic carbocycles. The van der Waals surface area contributed by atoms with Crippen molar-refractivity contribution in [2.75, 3.05) is 20.8 Å². The van der Waals surface area contributed by atoms with E-state index >= 15 is 0 Å². The second-order valence-corrected chi connectivity index (χ2v) is 5.89. The molecule has 0 radical (unpaired) electrons. The van der Waals surface area contributed by atoms with Crippen LogP contribution in [-0.4, -0.2) is 32.6 Å². The van der Waals surface area contributed by atoms with Crippen LogP contribution in [0.15, 0.2) is 51.8 Å². The predicted octanol–water partition coefficient (Wildman–Crippen LogP) is 3.15. The Kier molecular flexibility index (Phi) is 4.52. The Balaban J connectivity index is 2.27. The molecule has 1 N–H and O–H groups in total. The van der Waals surface area contributed by atoms with E-state index in [1.165, 1.54) is 32.4 Å². The van der Waals surface area contributed by atoms with E-state index in [1.807, 2.05) is 0 Å². The molecule has 0 saturated carbocycles. The van der Waals surface area contributed by atoms with E-state index in [0.717, 1.165) is 6.07 Å². The third-order valence-electron chi connectivity index (χ3n) is 4.43. The fraction of sp³-hybridized carbons (Fsp3) is 0.333. The van der Waals surface area contributed by atoms with Crippen LogP contribution in [0.25, 0.3) is 0 Å². The normalized spacial score (nSPS) is 19.8. The van der Waals surface area contributed by atoms with Crippen LogP contribution in [0.4, 0.5) is 13.2 Å². The van der Waals surface area contributed by atoms with Crippen molar-refractivity contribution >= 4 is 11.9 Å². The maximum Gasteiger partial charge on any atom is 0.416 e. The van der Waals surface area contributed by atoms with Gasteiger partial charge in [-0.1, -0.05) is 18.2 Å². The molecule has 1 atom stereocenters. The van der Waals surface area contributed by atoms with Crippen LogP contribution in [0, 0.1) is 0 Å². The molecule has 1 aromatic rings. The lowest BCUT2D eigenvalue weighted by molar-refractivity contribution is -0.139. The summed E-state index contributed by atoms with van der Waals surface area (Å²) in [6.07, 6.45) is -4.57. The van der Waals surface area contributed by atoms with Crippen LogP contribution in [0.1, 0.15) is 24.0 Å². The number of rotatable bonds is 2. The highest BCUT2D eigenvalue weighted by Gasteiger charge is 2.43. The van der Waals surface area contributed by atoms with Gasteiger partial charge < -0.3 is 14.8 Å². The smallest absolute Gasteiger partial charge is 0.416 e. The van der Waals surface area contributed by atoms with Crippen molar-refractivity contribution in [2.24, 2.45) is 4.99 Å². The molecular weight excluding hydrogens is 349 g/mol. The number of halogens is 3. The molecule has 8 heteroatoms. The van der Waals surface area contributed by atoms with Gasteiger partial charge in [-0.2, -0.15) is 13.2 Å². The zero-order chi connectivity index (χ0) is 19.1. The van der Waals surface area contributed by atoms with Gasteiger partial charge in [0, 0.05) is 17.0 Å². The molecule has 138 valence electrons. The lowest BCUT2D eigenvalue weighted by atomic mass is 9.78. The summed E-state index contributed by atoms with van der Waals surface area (Å²) in [4.78, 5) is 16.6. The molecule has 5 nitrogen and oxygen atoms in total. The van der Waals surface area contributed by atoms with E-state index in [0.29, 0.717) is 17.0 Å². The minimum absolute atomic E-state index is 0.0413. The number of benzene rings is 1. The third-order valence-corrected chi connectivity index (χ3v) is 4.43. The van der Waals surface area contributed by atoms with E-state index in [-0.39, 0.29) is 23.6 Å². The first-order valence-corrected chi connectivity index (χ1v) is 7.83. The van der Waals surface area contributed by atoms with E-state index in [9.17, 15) is 18.0 Å². The highest BCUT2D eigenvalue weighted by Crippen LogP contribution is 2.45. The maximum absolute atomic E-state index is 13.6. The zero-order valence-electron chi connectivity index (χ0n) is 14.4. The second-order valence-electron chi connectivity index (χ2n) is 5.89.